The number of nitrogens with two attached hydrogens (primary N) is 1. The van der Waals surface area contributed by atoms with Gasteiger partial charge in [-0.2, -0.15) is 28.1 Å². The van der Waals surface area contributed by atoms with E-state index in [9.17, 15) is 23.1 Å². The van der Waals surface area contributed by atoms with Gasteiger partial charge in [0.1, 0.15) is 23.8 Å². The van der Waals surface area contributed by atoms with E-state index in [0.717, 1.165) is 43.4 Å². The maximum Gasteiger partial charge on any atom is 0.418 e. The number of aliphatic hydroxyl groups is 1. The second-order valence-corrected chi connectivity index (χ2v) is 15.4. The number of anilines is 2. The van der Waals surface area contributed by atoms with Crippen molar-refractivity contribution in [2.24, 2.45) is 5.92 Å². The summed E-state index contributed by atoms with van der Waals surface area (Å²) in [6, 6.07) is 1.83. The van der Waals surface area contributed by atoms with E-state index >= 15 is 0 Å². The molecule has 16 heteroatoms. The number of amides is 1. The summed E-state index contributed by atoms with van der Waals surface area (Å²) in [5, 5.41) is 13.8. The second-order valence-electron chi connectivity index (χ2n) is 15.4. The van der Waals surface area contributed by atoms with Crippen molar-refractivity contribution < 1.29 is 32.3 Å². The molecule has 3 fully saturated rings. The minimum Gasteiger partial charge on any atom is -0.461 e. The number of carbonyl (C=O) groups excluding carboxylic acids is 1. The predicted molar refractivity (Wildman–Crippen MR) is 192 cm³/mol. The number of likely N-dealkylation sites (tertiary alicyclic amines) is 1. The smallest absolute Gasteiger partial charge is 0.418 e. The lowest BCUT2D eigenvalue weighted by atomic mass is 9.88. The number of fused-ring (bicyclic) bond motifs is 2. The number of aryl methyl sites for hydroxylation is 2. The van der Waals surface area contributed by atoms with Crippen molar-refractivity contribution in [3.63, 3.8) is 0 Å². The maximum atomic E-state index is 13.0. The average Bonchev–Trinajstić information content (AvgIpc) is 3.90. The van der Waals surface area contributed by atoms with Crippen LogP contribution in [0.25, 0.3) is 6.08 Å². The molecule has 3 saturated heterocycles. The van der Waals surface area contributed by atoms with Crippen LogP contribution in [-0.4, -0.2) is 97.3 Å². The lowest BCUT2D eigenvalue weighted by Crippen LogP contribution is -2.43. The molecular formula is C37H50F3N9O4. The lowest BCUT2D eigenvalue weighted by molar-refractivity contribution is -0.138. The van der Waals surface area contributed by atoms with Crippen molar-refractivity contribution in [3.05, 3.63) is 52.4 Å². The van der Waals surface area contributed by atoms with E-state index in [4.69, 9.17) is 25.0 Å². The Kier molecular flexibility index (Phi) is 11.0. The van der Waals surface area contributed by atoms with Gasteiger partial charge in [0.05, 0.1) is 16.8 Å². The molecule has 0 spiro atoms. The number of nitrogen functional groups attached to an aromatic ring is 1. The Bertz CT molecular complexity index is 1800. The fourth-order valence-electron chi connectivity index (χ4n) is 7.87. The zero-order valence-corrected chi connectivity index (χ0v) is 31.1. The van der Waals surface area contributed by atoms with Gasteiger partial charge in [0.15, 0.2) is 0 Å². The Morgan fingerprint density at radius 2 is 1.91 bits per heavy atom. The quantitative estimate of drug-likeness (QED) is 0.299. The number of hydrogen-bond acceptors (Lipinski definition) is 12. The highest BCUT2D eigenvalue weighted by Crippen LogP contribution is 2.40. The van der Waals surface area contributed by atoms with Gasteiger partial charge in [0, 0.05) is 50.1 Å². The number of likely N-dealkylation sites (N-methyl/N-ethyl adjacent to an activating group) is 1. The molecule has 0 bridgehead atoms. The van der Waals surface area contributed by atoms with Gasteiger partial charge >= 0.3 is 12.2 Å². The number of ether oxygens (including phenoxy) is 1. The third-order valence-corrected chi connectivity index (χ3v) is 10.9. The minimum atomic E-state index is -4.34. The fourth-order valence-corrected chi connectivity index (χ4v) is 7.87. The fraction of sp³-hybridized carbons (Fsp3) is 0.622. The molecule has 53 heavy (non-hydrogen) atoms. The van der Waals surface area contributed by atoms with Gasteiger partial charge in [-0.1, -0.05) is 12.1 Å². The molecule has 1 aliphatic carbocycles. The molecule has 3 N–H and O–H groups in total. The molecule has 0 aromatic carbocycles. The van der Waals surface area contributed by atoms with Crippen molar-refractivity contribution in [2.45, 2.75) is 102 Å². The Balaban J connectivity index is 0.000000342. The van der Waals surface area contributed by atoms with Gasteiger partial charge in [-0.15, -0.1) is 0 Å². The van der Waals surface area contributed by atoms with Crippen LogP contribution in [0.1, 0.15) is 93.4 Å². The molecule has 4 aliphatic rings. The van der Waals surface area contributed by atoms with E-state index in [0.29, 0.717) is 31.6 Å². The van der Waals surface area contributed by atoms with Crippen LogP contribution in [0.4, 0.5) is 24.8 Å². The van der Waals surface area contributed by atoms with Gasteiger partial charge in [0.2, 0.25) is 11.7 Å². The van der Waals surface area contributed by atoms with E-state index in [-0.39, 0.29) is 40.6 Å². The number of halogens is 3. The first-order valence-corrected chi connectivity index (χ1v) is 18.4. The molecule has 288 valence electrons. The van der Waals surface area contributed by atoms with E-state index in [2.05, 4.69) is 38.9 Å². The van der Waals surface area contributed by atoms with Crippen LogP contribution in [-0.2, 0) is 29.4 Å². The summed E-state index contributed by atoms with van der Waals surface area (Å²) in [5.41, 5.74) is 5.83. The third kappa shape index (κ3) is 8.75. The van der Waals surface area contributed by atoms with Crippen LogP contribution in [0, 0.1) is 12.8 Å². The van der Waals surface area contributed by atoms with Crippen LogP contribution < -0.4 is 15.4 Å². The highest BCUT2D eigenvalue weighted by Gasteiger charge is 2.45. The van der Waals surface area contributed by atoms with E-state index in [1.807, 2.05) is 4.90 Å². The monoisotopic (exact) mass is 741 g/mol. The normalized spacial score (nSPS) is 21.3. The summed E-state index contributed by atoms with van der Waals surface area (Å²) in [5.74, 6) is 1.90. The molecule has 13 nitrogen and oxygen atoms in total. The van der Waals surface area contributed by atoms with Crippen molar-refractivity contribution in [2.75, 3.05) is 50.5 Å². The van der Waals surface area contributed by atoms with Gasteiger partial charge in [-0.3, -0.25) is 9.69 Å². The summed E-state index contributed by atoms with van der Waals surface area (Å²) in [7, 11) is 2.09. The van der Waals surface area contributed by atoms with E-state index < -0.39 is 17.3 Å². The first-order chi connectivity index (χ1) is 25.0. The van der Waals surface area contributed by atoms with E-state index in [1.54, 1.807) is 13.8 Å². The standard InChI is InChI=1S/C30H43N7O4.C7H7F3N2/c1-20-7-8-23-22(17-20)26(33-28(31-23)40-19-30-12-5-14-37(30)15-6-13-30)35(4)21-11-16-36(18-21)25(38)10-9-24-32-27(34-41-24)29(2,3)39;1-4-2-6(11)12-3-5(4)7(8,9)10/h9-10,20-21,39H,5-8,11-19H2,1-4H3;2-3H,1H3,(H2,11,12)/b10-9+;. The van der Waals surface area contributed by atoms with Crippen LogP contribution in [0.5, 0.6) is 6.01 Å². The zero-order chi connectivity index (χ0) is 38.1. The summed E-state index contributed by atoms with van der Waals surface area (Å²) in [4.78, 5) is 37.1. The van der Waals surface area contributed by atoms with Gasteiger partial charge in [-0.05, 0) is 103 Å². The van der Waals surface area contributed by atoms with Gasteiger partial charge in [0.25, 0.3) is 5.89 Å². The van der Waals surface area contributed by atoms with Crippen molar-refractivity contribution in [1.29, 1.82) is 0 Å². The number of pyridine rings is 1. The highest BCUT2D eigenvalue weighted by molar-refractivity contribution is 5.91. The van der Waals surface area contributed by atoms with Gasteiger partial charge < -0.3 is 29.9 Å². The first-order valence-electron chi connectivity index (χ1n) is 18.4. The molecule has 1 amide bonds. The number of aromatic nitrogens is 5. The summed E-state index contributed by atoms with van der Waals surface area (Å²) >= 11 is 0. The molecule has 0 saturated carbocycles. The molecule has 2 atom stereocenters. The van der Waals surface area contributed by atoms with E-state index in [1.165, 1.54) is 69.5 Å². The van der Waals surface area contributed by atoms with Crippen LogP contribution in [0.3, 0.4) is 0 Å². The van der Waals surface area contributed by atoms with Crippen LogP contribution in [0.15, 0.2) is 22.9 Å². The molecule has 6 heterocycles. The summed E-state index contributed by atoms with van der Waals surface area (Å²) < 4.78 is 47.8. The Morgan fingerprint density at radius 3 is 2.57 bits per heavy atom. The number of rotatable bonds is 8. The summed E-state index contributed by atoms with van der Waals surface area (Å²) in [6.45, 7) is 11.1. The Morgan fingerprint density at radius 1 is 1.17 bits per heavy atom. The average molecular weight is 742 g/mol. The number of hydrogen-bond donors (Lipinski definition) is 2. The number of alkyl halides is 3. The molecule has 3 aliphatic heterocycles. The molecule has 2 unspecified atom stereocenters. The molecule has 3 aromatic rings. The van der Waals surface area contributed by atoms with Gasteiger partial charge in [-0.25, -0.2) is 4.98 Å². The molecule has 0 radical (unpaired) electrons. The lowest BCUT2D eigenvalue weighted by Gasteiger charge is -2.33. The molecule has 3 aromatic heterocycles. The highest BCUT2D eigenvalue weighted by atomic mass is 19.4. The van der Waals surface area contributed by atoms with Crippen LogP contribution >= 0.6 is 0 Å². The second kappa shape index (κ2) is 15.2. The predicted octanol–water partition coefficient (Wildman–Crippen LogP) is 4.96. The Labute approximate surface area is 307 Å². The van der Waals surface area contributed by atoms with Crippen molar-refractivity contribution in [3.8, 4) is 6.01 Å². The minimum absolute atomic E-state index is 0.0926. The SMILES string of the molecule is CC1CCc2nc(OCC34CCCN3CCC4)nc(N(C)C3CCN(C(=O)/C=C/c4nc(C(C)(C)O)no4)C3)c2C1.Cc1cc(N)ncc1C(F)(F)F. The molecule has 7 rings (SSSR count). The maximum absolute atomic E-state index is 13.0. The molecular weight excluding hydrogens is 691 g/mol. The van der Waals surface area contributed by atoms with Crippen LogP contribution in [0.2, 0.25) is 0 Å². The topological polar surface area (TPSA) is 160 Å². The summed E-state index contributed by atoms with van der Waals surface area (Å²) in [6.07, 6.45) is 8.09. The zero-order valence-electron chi connectivity index (χ0n) is 31.1. The van der Waals surface area contributed by atoms with Crippen molar-refractivity contribution in [1.82, 2.24) is 34.9 Å². The number of carbonyl (C=O) groups is 1. The third-order valence-electron chi connectivity index (χ3n) is 10.9. The number of nitrogens with zero attached hydrogens (tertiary/aromatic N) is 8. The Hall–Kier alpha value is -4.31. The van der Waals surface area contributed by atoms with Crippen molar-refractivity contribution >= 4 is 23.6 Å². The largest absolute Gasteiger partial charge is 0.461 e. The first kappa shape index (κ1) is 38.4.